The summed E-state index contributed by atoms with van der Waals surface area (Å²) >= 11 is 1.14. The average molecular weight is 407 g/mol. The summed E-state index contributed by atoms with van der Waals surface area (Å²) in [6, 6.07) is 2.98. The molecule has 10 heteroatoms. The fourth-order valence-corrected chi connectivity index (χ4v) is 5.94. The topological polar surface area (TPSA) is 108 Å². The van der Waals surface area contributed by atoms with Gasteiger partial charge >= 0.3 is 0 Å². The second kappa shape index (κ2) is 8.61. The summed E-state index contributed by atoms with van der Waals surface area (Å²) in [7, 11) is -1.98. The van der Waals surface area contributed by atoms with Crippen molar-refractivity contribution in [3.63, 3.8) is 0 Å². The monoisotopic (exact) mass is 406 g/mol. The van der Waals surface area contributed by atoms with Crippen LogP contribution < -0.4 is 4.72 Å². The highest BCUT2D eigenvalue weighted by Gasteiger charge is 2.49. The summed E-state index contributed by atoms with van der Waals surface area (Å²) in [6.45, 7) is 1.05. The number of methoxy groups -OCH3 is 1. The second-order valence-electron chi connectivity index (χ2n) is 6.65. The van der Waals surface area contributed by atoms with E-state index in [1.54, 1.807) is 24.6 Å². The molecule has 148 valence electrons. The molecule has 3 N–H and O–H groups in total. The molecular weight excluding hydrogens is 380 g/mol. The molecule has 3 rings (SSSR count). The molecule has 0 saturated carbocycles. The molecule has 5 atom stereocenters. The molecule has 3 heterocycles. The Bertz CT molecular complexity index is 668. The molecule has 2 saturated heterocycles. The molecule has 0 bridgehead atoms. The molecule has 1 aromatic rings. The maximum atomic E-state index is 12.4. The number of likely N-dealkylation sites (tertiary alicyclic amines) is 1. The molecule has 0 aromatic carbocycles. The number of thiophene rings is 1. The van der Waals surface area contributed by atoms with E-state index in [1.807, 2.05) is 0 Å². The number of aliphatic hydroxyl groups is 2. The van der Waals surface area contributed by atoms with Crippen molar-refractivity contribution in [2.24, 2.45) is 0 Å². The van der Waals surface area contributed by atoms with E-state index in [2.05, 4.69) is 9.62 Å². The van der Waals surface area contributed by atoms with Gasteiger partial charge in [0.2, 0.25) is 10.0 Å². The second-order valence-corrected chi connectivity index (χ2v) is 9.59. The van der Waals surface area contributed by atoms with Crippen molar-refractivity contribution in [3.05, 3.63) is 17.5 Å². The van der Waals surface area contributed by atoms with E-state index < -0.39 is 28.3 Å². The van der Waals surface area contributed by atoms with Gasteiger partial charge in [-0.15, -0.1) is 11.3 Å². The normalized spacial score (nSPS) is 33.1. The Morgan fingerprint density at radius 1 is 1.46 bits per heavy atom. The first kappa shape index (κ1) is 20.2. The van der Waals surface area contributed by atoms with Crippen LogP contribution in [0.25, 0.3) is 0 Å². The highest BCUT2D eigenvalue weighted by molar-refractivity contribution is 7.91. The Kier molecular flexibility index (Phi) is 6.68. The van der Waals surface area contributed by atoms with Gasteiger partial charge in [-0.05, 0) is 30.8 Å². The summed E-state index contributed by atoms with van der Waals surface area (Å²) in [5.74, 6) is 0. The highest BCUT2D eigenvalue weighted by atomic mass is 32.2. The molecule has 0 unspecified atom stereocenters. The number of hydrogen-bond acceptors (Lipinski definition) is 8. The van der Waals surface area contributed by atoms with Crippen LogP contribution in [0, 0.1) is 0 Å². The molecule has 2 fully saturated rings. The van der Waals surface area contributed by atoms with E-state index in [9.17, 15) is 18.6 Å². The maximum absolute atomic E-state index is 12.4. The number of sulfonamides is 1. The van der Waals surface area contributed by atoms with Gasteiger partial charge in [-0.25, -0.2) is 13.1 Å². The molecule has 0 spiro atoms. The van der Waals surface area contributed by atoms with E-state index in [4.69, 9.17) is 9.47 Å². The smallest absolute Gasteiger partial charge is 0.250 e. The molecule has 2 aliphatic rings. The Morgan fingerprint density at radius 3 is 2.92 bits per heavy atom. The van der Waals surface area contributed by atoms with Crippen LogP contribution in [0.4, 0.5) is 0 Å². The average Bonchev–Trinajstić information content (AvgIpc) is 3.34. The van der Waals surface area contributed by atoms with E-state index in [0.29, 0.717) is 6.61 Å². The third-order valence-electron chi connectivity index (χ3n) is 5.04. The van der Waals surface area contributed by atoms with Crippen molar-refractivity contribution in [3.8, 4) is 0 Å². The number of nitrogens with one attached hydrogen (secondary N) is 1. The zero-order valence-corrected chi connectivity index (χ0v) is 16.3. The first-order valence-electron chi connectivity index (χ1n) is 8.70. The van der Waals surface area contributed by atoms with E-state index in [-0.39, 0.29) is 29.4 Å². The quantitative estimate of drug-likeness (QED) is 0.540. The Hall–Kier alpha value is -0.590. The van der Waals surface area contributed by atoms with Gasteiger partial charge in [0.15, 0.2) is 0 Å². The Balaban J connectivity index is 1.73. The minimum Gasteiger partial charge on any atom is -0.394 e. The summed E-state index contributed by atoms with van der Waals surface area (Å²) < 4.78 is 38.6. The molecular formula is C16H26N2O6S2. The van der Waals surface area contributed by atoms with Gasteiger partial charge < -0.3 is 19.7 Å². The van der Waals surface area contributed by atoms with Crippen LogP contribution in [0.3, 0.4) is 0 Å². The first-order chi connectivity index (χ1) is 12.5. The molecule has 8 nitrogen and oxygen atoms in total. The molecule has 2 aliphatic heterocycles. The zero-order chi connectivity index (χ0) is 18.7. The number of aliphatic hydroxyl groups excluding tert-OH is 2. The van der Waals surface area contributed by atoms with E-state index >= 15 is 0 Å². The SMILES string of the molecule is COC[C@@H]1CCCN1[C@H]1[C@H](O)[C@H](CO)O[C@@H]1CNS(=O)(=O)c1cccs1. The van der Waals surface area contributed by atoms with Gasteiger partial charge in [-0.1, -0.05) is 6.07 Å². The van der Waals surface area contributed by atoms with Crippen molar-refractivity contribution in [1.29, 1.82) is 0 Å². The molecule has 0 amide bonds. The molecule has 0 radical (unpaired) electrons. The standard InChI is InChI=1S/C16H26N2O6S2/c1-23-10-11-4-2-6-18(11)15-12(24-13(9-19)16(15)20)8-17-26(21,22)14-5-3-7-25-14/h3,5,7,11-13,15-17,19-20H,2,4,6,8-10H2,1H3/t11-,12+,13-,15+,16+/m0/s1. The van der Waals surface area contributed by atoms with Gasteiger partial charge in [0.25, 0.3) is 0 Å². The largest absolute Gasteiger partial charge is 0.394 e. The zero-order valence-electron chi connectivity index (χ0n) is 14.7. The minimum atomic E-state index is -3.62. The van der Waals surface area contributed by atoms with Crippen LogP contribution in [-0.2, 0) is 19.5 Å². The van der Waals surface area contributed by atoms with Crippen LogP contribution in [0.5, 0.6) is 0 Å². The number of ether oxygens (including phenoxy) is 2. The molecule has 26 heavy (non-hydrogen) atoms. The lowest BCUT2D eigenvalue weighted by Crippen LogP contribution is -2.53. The van der Waals surface area contributed by atoms with Crippen LogP contribution in [0.15, 0.2) is 21.7 Å². The number of rotatable bonds is 8. The van der Waals surface area contributed by atoms with Crippen molar-refractivity contribution >= 4 is 21.4 Å². The Morgan fingerprint density at radius 2 is 2.27 bits per heavy atom. The predicted octanol–water partition coefficient (Wildman–Crippen LogP) is -0.374. The van der Waals surface area contributed by atoms with Gasteiger partial charge in [0.05, 0.1) is 25.4 Å². The Labute approximate surface area is 157 Å². The number of nitrogens with zero attached hydrogens (tertiary/aromatic N) is 1. The van der Waals surface area contributed by atoms with Crippen molar-refractivity contribution in [2.45, 2.75) is 47.4 Å². The van der Waals surface area contributed by atoms with Crippen molar-refractivity contribution in [2.75, 3.05) is 33.4 Å². The summed E-state index contributed by atoms with van der Waals surface area (Å²) in [5.41, 5.74) is 0. The predicted molar refractivity (Wildman–Crippen MR) is 96.7 cm³/mol. The van der Waals surface area contributed by atoms with Crippen molar-refractivity contribution in [1.82, 2.24) is 9.62 Å². The minimum absolute atomic E-state index is 0.0364. The molecule has 1 aromatic heterocycles. The summed E-state index contributed by atoms with van der Waals surface area (Å²) in [4.78, 5) is 2.13. The van der Waals surface area contributed by atoms with Crippen molar-refractivity contribution < 1.29 is 28.1 Å². The van der Waals surface area contributed by atoms with E-state index in [0.717, 1.165) is 30.7 Å². The lowest BCUT2D eigenvalue weighted by molar-refractivity contribution is -0.0201. The fourth-order valence-electron chi connectivity index (χ4n) is 3.86. The summed E-state index contributed by atoms with van der Waals surface area (Å²) in [5, 5.41) is 21.8. The third kappa shape index (κ3) is 4.12. The van der Waals surface area contributed by atoms with E-state index in [1.165, 1.54) is 0 Å². The van der Waals surface area contributed by atoms with Crippen LogP contribution >= 0.6 is 11.3 Å². The van der Waals surface area contributed by atoms with Crippen LogP contribution in [-0.4, -0.2) is 87.3 Å². The third-order valence-corrected chi connectivity index (χ3v) is 7.86. The van der Waals surface area contributed by atoms with Gasteiger partial charge in [-0.3, -0.25) is 4.90 Å². The summed E-state index contributed by atoms with van der Waals surface area (Å²) in [6.07, 6.45) is -0.216. The lowest BCUT2D eigenvalue weighted by Gasteiger charge is -2.34. The lowest BCUT2D eigenvalue weighted by atomic mass is 10.0. The van der Waals surface area contributed by atoms with Crippen LogP contribution in [0.1, 0.15) is 12.8 Å². The fraction of sp³-hybridized carbons (Fsp3) is 0.750. The number of hydrogen-bond donors (Lipinski definition) is 3. The highest BCUT2D eigenvalue weighted by Crippen LogP contribution is 2.31. The van der Waals surface area contributed by atoms with Gasteiger partial charge in [-0.2, -0.15) is 0 Å². The maximum Gasteiger partial charge on any atom is 0.250 e. The van der Waals surface area contributed by atoms with Crippen LogP contribution in [0.2, 0.25) is 0 Å². The van der Waals surface area contributed by atoms with Gasteiger partial charge in [0.1, 0.15) is 16.4 Å². The van der Waals surface area contributed by atoms with Gasteiger partial charge in [0, 0.05) is 19.7 Å². The first-order valence-corrected chi connectivity index (χ1v) is 11.1. The molecule has 0 aliphatic carbocycles.